The molecule has 2 aromatic rings. The molecule has 2 unspecified atom stereocenters. The second-order valence-electron chi connectivity index (χ2n) is 7.72. The summed E-state index contributed by atoms with van der Waals surface area (Å²) in [5.41, 5.74) is 7.83. The van der Waals surface area contributed by atoms with Crippen LogP contribution in [0.15, 0.2) is 48.5 Å². The third-order valence-electron chi connectivity index (χ3n) is 6.08. The molecule has 0 bridgehead atoms. The molecule has 0 spiro atoms. The third-order valence-corrected chi connectivity index (χ3v) is 6.08. The second kappa shape index (κ2) is 7.85. The van der Waals surface area contributed by atoms with Gasteiger partial charge in [0.1, 0.15) is 0 Å². The largest absolute Gasteiger partial charge is 0.416 e. The Morgan fingerprint density at radius 3 is 2.36 bits per heavy atom. The average Bonchev–Trinajstić information content (AvgIpc) is 3.33. The highest BCUT2D eigenvalue weighted by Gasteiger charge is 2.40. The molecule has 1 fully saturated rings. The van der Waals surface area contributed by atoms with Gasteiger partial charge in [-0.15, -0.1) is 0 Å². The lowest BCUT2D eigenvalue weighted by molar-refractivity contribution is -0.138. The van der Waals surface area contributed by atoms with Crippen LogP contribution in [0, 0.1) is 0 Å². The Labute approximate surface area is 163 Å². The van der Waals surface area contributed by atoms with Gasteiger partial charge in [-0.3, -0.25) is 9.80 Å². The molecule has 2 atom stereocenters. The van der Waals surface area contributed by atoms with E-state index in [1.807, 2.05) is 18.2 Å². The molecular formula is C22H26F3N3. The quantitative estimate of drug-likeness (QED) is 0.825. The molecule has 6 heteroatoms. The normalized spacial score (nSPS) is 21.8. The molecule has 4 rings (SSSR count). The van der Waals surface area contributed by atoms with E-state index in [2.05, 4.69) is 21.9 Å². The van der Waals surface area contributed by atoms with E-state index < -0.39 is 11.7 Å². The van der Waals surface area contributed by atoms with Crippen LogP contribution in [0.25, 0.3) is 0 Å². The number of hydrogen-bond donors (Lipinski definition) is 1. The lowest BCUT2D eigenvalue weighted by Crippen LogP contribution is -2.38. The summed E-state index contributed by atoms with van der Waals surface area (Å²) in [6, 6.07) is 14.8. The Morgan fingerprint density at radius 2 is 1.71 bits per heavy atom. The van der Waals surface area contributed by atoms with Gasteiger partial charge in [-0.05, 0) is 48.7 Å². The average molecular weight is 389 g/mol. The first-order valence-electron chi connectivity index (χ1n) is 9.91. The first kappa shape index (κ1) is 19.4. The summed E-state index contributed by atoms with van der Waals surface area (Å²) < 4.78 is 40.5. The zero-order valence-electron chi connectivity index (χ0n) is 15.8. The van der Waals surface area contributed by atoms with Gasteiger partial charge in [0.05, 0.1) is 5.56 Å². The molecule has 2 aliphatic heterocycles. The summed E-state index contributed by atoms with van der Waals surface area (Å²) in [4.78, 5) is 4.59. The Kier molecular flexibility index (Phi) is 5.45. The number of nitrogens with two attached hydrogens (primary N) is 1. The summed E-state index contributed by atoms with van der Waals surface area (Å²) in [7, 11) is 0. The number of benzene rings is 2. The molecule has 3 nitrogen and oxygen atoms in total. The minimum atomic E-state index is -4.34. The number of rotatable bonds is 5. The van der Waals surface area contributed by atoms with Crippen molar-refractivity contribution in [1.82, 2.24) is 9.80 Å². The van der Waals surface area contributed by atoms with Crippen molar-refractivity contribution in [3.8, 4) is 0 Å². The molecule has 2 aliphatic rings. The van der Waals surface area contributed by atoms with Crippen LogP contribution in [0.1, 0.15) is 47.2 Å². The maximum atomic E-state index is 13.5. The van der Waals surface area contributed by atoms with Crippen molar-refractivity contribution < 1.29 is 13.2 Å². The molecule has 2 N–H and O–H groups in total. The lowest BCUT2D eigenvalue weighted by atomic mass is 9.99. The maximum absolute atomic E-state index is 13.5. The minimum absolute atomic E-state index is 0.168. The fraction of sp³-hybridized carbons (Fsp3) is 0.455. The van der Waals surface area contributed by atoms with E-state index in [1.54, 1.807) is 6.07 Å². The zero-order chi connectivity index (χ0) is 19.7. The second-order valence-corrected chi connectivity index (χ2v) is 7.72. The van der Waals surface area contributed by atoms with Gasteiger partial charge in [0.15, 0.2) is 0 Å². The standard InChI is InChI=1S/C22H26F3N3/c23-22(24,25)19-10-6-9-17-18(19)14-28(20(17)13-26)15-21(27-11-4-5-12-27)16-7-2-1-3-8-16/h1-3,6-10,20-21H,4-5,11-15,26H2. The fourth-order valence-corrected chi connectivity index (χ4v) is 4.72. The van der Waals surface area contributed by atoms with Crippen LogP contribution in [0.2, 0.25) is 0 Å². The molecule has 2 heterocycles. The monoisotopic (exact) mass is 389 g/mol. The van der Waals surface area contributed by atoms with E-state index in [9.17, 15) is 13.2 Å². The van der Waals surface area contributed by atoms with Gasteiger partial charge in [-0.1, -0.05) is 42.5 Å². The van der Waals surface area contributed by atoms with Gasteiger partial charge in [0, 0.05) is 31.7 Å². The summed E-state index contributed by atoms with van der Waals surface area (Å²) >= 11 is 0. The predicted molar refractivity (Wildman–Crippen MR) is 104 cm³/mol. The Bertz CT molecular complexity index is 800. The van der Waals surface area contributed by atoms with E-state index in [-0.39, 0.29) is 12.1 Å². The Hall–Kier alpha value is -1.89. The highest BCUT2D eigenvalue weighted by atomic mass is 19.4. The van der Waals surface area contributed by atoms with Crippen LogP contribution in [0.3, 0.4) is 0 Å². The summed E-state index contributed by atoms with van der Waals surface area (Å²) in [5, 5.41) is 0. The van der Waals surface area contributed by atoms with E-state index in [4.69, 9.17) is 5.73 Å². The van der Waals surface area contributed by atoms with Crippen LogP contribution < -0.4 is 5.73 Å². The number of alkyl halides is 3. The highest BCUT2D eigenvalue weighted by Crippen LogP contribution is 2.42. The van der Waals surface area contributed by atoms with Crippen molar-refractivity contribution >= 4 is 0 Å². The van der Waals surface area contributed by atoms with Gasteiger partial charge in [0.2, 0.25) is 0 Å². The van der Waals surface area contributed by atoms with E-state index in [0.717, 1.165) is 18.7 Å². The third kappa shape index (κ3) is 3.69. The molecule has 1 saturated heterocycles. The van der Waals surface area contributed by atoms with Gasteiger partial charge < -0.3 is 5.73 Å². The minimum Gasteiger partial charge on any atom is -0.329 e. The van der Waals surface area contributed by atoms with Crippen molar-refractivity contribution in [3.05, 3.63) is 70.8 Å². The van der Waals surface area contributed by atoms with Crippen molar-refractivity contribution in [3.63, 3.8) is 0 Å². The molecular weight excluding hydrogens is 363 g/mol. The van der Waals surface area contributed by atoms with Crippen LogP contribution in [0.4, 0.5) is 13.2 Å². The summed E-state index contributed by atoms with van der Waals surface area (Å²) in [6.07, 6.45) is -2.00. The number of halogens is 3. The van der Waals surface area contributed by atoms with Crippen LogP contribution in [-0.2, 0) is 12.7 Å². The zero-order valence-corrected chi connectivity index (χ0v) is 15.8. The highest BCUT2D eigenvalue weighted by molar-refractivity contribution is 5.42. The molecule has 0 saturated carbocycles. The molecule has 0 aromatic heterocycles. The van der Waals surface area contributed by atoms with Gasteiger partial charge in [-0.25, -0.2) is 0 Å². The Morgan fingerprint density at radius 1 is 1.00 bits per heavy atom. The predicted octanol–water partition coefficient (Wildman–Crippen LogP) is 4.36. The molecule has 28 heavy (non-hydrogen) atoms. The van der Waals surface area contributed by atoms with Crippen molar-refractivity contribution in [2.45, 2.75) is 37.6 Å². The summed E-state index contributed by atoms with van der Waals surface area (Å²) in [6.45, 7) is 3.35. The van der Waals surface area contributed by atoms with Crippen LogP contribution in [0.5, 0.6) is 0 Å². The van der Waals surface area contributed by atoms with Gasteiger partial charge in [-0.2, -0.15) is 13.2 Å². The van der Waals surface area contributed by atoms with E-state index in [0.29, 0.717) is 25.2 Å². The number of likely N-dealkylation sites (tertiary alicyclic amines) is 1. The van der Waals surface area contributed by atoms with E-state index >= 15 is 0 Å². The fourth-order valence-electron chi connectivity index (χ4n) is 4.72. The number of fused-ring (bicyclic) bond motifs is 1. The number of nitrogens with zero attached hydrogens (tertiary/aromatic N) is 2. The topological polar surface area (TPSA) is 32.5 Å². The first-order chi connectivity index (χ1) is 13.5. The van der Waals surface area contributed by atoms with Gasteiger partial charge in [0.25, 0.3) is 0 Å². The van der Waals surface area contributed by atoms with Crippen molar-refractivity contribution in [2.75, 3.05) is 26.2 Å². The van der Waals surface area contributed by atoms with Crippen LogP contribution >= 0.6 is 0 Å². The SMILES string of the molecule is NCC1c2cccc(C(F)(F)F)c2CN1CC(c1ccccc1)N1CCCC1. The summed E-state index contributed by atoms with van der Waals surface area (Å²) in [5.74, 6) is 0. The van der Waals surface area contributed by atoms with Crippen LogP contribution in [-0.4, -0.2) is 36.0 Å². The van der Waals surface area contributed by atoms with Gasteiger partial charge >= 0.3 is 6.18 Å². The molecule has 0 amide bonds. The van der Waals surface area contributed by atoms with Crippen molar-refractivity contribution in [2.24, 2.45) is 5.73 Å². The maximum Gasteiger partial charge on any atom is 0.416 e. The Balaban J connectivity index is 1.64. The molecule has 2 aromatic carbocycles. The molecule has 0 radical (unpaired) electrons. The lowest BCUT2D eigenvalue weighted by Gasteiger charge is -2.34. The van der Waals surface area contributed by atoms with Crippen molar-refractivity contribution in [1.29, 1.82) is 0 Å². The molecule has 0 aliphatic carbocycles. The molecule has 150 valence electrons. The smallest absolute Gasteiger partial charge is 0.329 e. The number of hydrogen-bond acceptors (Lipinski definition) is 3. The first-order valence-corrected chi connectivity index (χ1v) is 9.91. The van der Waals surface area contributed by atoms with E-state index in [1.165, 1.54) is 30.5 Å².